The summed E-state index contributed by atoms with van der Waals surface area (Å²) in [6, 6.07) is 3.46. The van der Waals surface area contributed by atoms with Crippen LogP contribution in [0.4, 0.5) is 0 Å². The number of thiophene rings is 1. The van der Waals surface area contributed by atoms with E-state index in [1.807, 2.05) is 19.1 Å². The first-order valence-electron chi connectivity index (χ1n) is 5.90. The third-order valence-electron chi connectivity index (χ3n) is 3.20. The monoisotopic (exact) mass is 263 g/mol. The lowest BCUT2D eigenvalue weighted by Crippen LogP contribution is -2.25. The number of rotatable bonds is 2. The Hall–Kier alpha value is -1.69. The molecule has 0 radical (unpaired) electrons. The highest BCUT2D eigenvalue weighted by Crippen LogP contribution is 2.33. The molecule has 0 spiro atoms. The first-order chi connectivity index (χ1) is 8.66. The third kappa shape index (κ3) is 1.73. The van der Waals surface area contributed by atoms with Gasteiger partial charge in [0.2, 0.25) is 0 Å². The average Bonchev–Trinajstić information content (AvgIpc) is 2.94. The number of fused-ring (bicyclic) bond motifs is 1. The lowest BCUT2D eigenvalue weighted by molar-refractivity contribution is -0.141. The summed E-state index contributed by atoms with van der Waals surface area (Å²) in [5.41, 5.74) is 0. The molecule has 18 heavy (non-hydrogen) atoms. The van der Waals surface area contributed by atoms with Crippen LogP contribution >= 0.6 is 11.3 Å². The van der Waals surface area contributed by atoms with Crippen LogP contribution in [0.1, 0.15) is 29.6 Å². The molecule has 1 atom stereocenters. The number of aliphatic carboxylic acids is 1. The molecule has 1 aliphatic heterocycles. The highest BCUT2D eigenvalue weighted by Gasteiger charge is 2.30. The second kappa shape index (κ2) is 4.20. The van der Waals surface area contributed by atoms with Crippen LogP contribution in [0, 0.1) is 6.92 Å². The first kappa shape index (κ1) is 11.4. The molecule has 0 fully saturated rings. The van der Waals surface area contributed by atoms with E-state index >= 15 is 0 Å². The molecule has 94 valence electrons. The van der Waals surface area contributed by atoms with Gasteiger partial charge in [-0.2, -0.15) is 0 Å². The highest BCUT2D eigenvalue weighted by molar-refractivity contribution is 7.15. The Bertz CT molecular complexity index is 602. The Morgan fingerprint density at radius 1 is 1.50 bits per heavy atom. The summed E-state index contributed by atoms with van der Waals surface area (Å²) < 4.78 is 1.79. The zero-order valence-corrected chi connectivity index (χ0v) is 10.8. The van der Waals surface area contributed by atoms with E-state index < -0.39 is 12.0 Å². The molecule has 1 unspecified atom stereocenters. The predicted molar refractivity (Wildman–Crippen MR) is 67.7 cm³/mol. The molecule has 6 heteroatoms. The van der Waals surface area contributed by atoms with Crippen molar-refractivity contribution in [2.24, 2.45) is 0 Å². The van der Waals surface area contributed by atoms with Crippen LogP contribution < -0.4 is 0 Å². The smallest absolute Gasteiger partial charge is 0.326 e. The van der Waals surface area contributed by atoms with Crippen molar-refractivity contribution in [1.82, 2.24) is 14.8 Å². The molecule has 0 aliphatic carbocycles. The average molecular weight is 263 g/mol. The Labute approximate surface area is 108 Å². The van der Waals surface area contributed by atoms with E-state index in [9.17, 15) is 9.90 Å². The maximum atomic E-state index is 11.3. The summed E-state index contributed by atoms with van der Waals surface area (Å²) in [6.45, 7) is 2.02. The standard InChI is InChI=1S/C12H13N3O2S/c1-7-5-6-9(18-7)11-14-13-10-4-2-3-8(12(16)17)15(10)11/h5-6,8H,2-4H2,1H3,(H,16,17). The van der Waals surface area contributed by atoms with Crippen LogP contribution in [0.25, 0.3) is 10.7 Å². The van der Waals surface area contributed by atoms with Gasteiger partial charge in [0.15, 0.2) is 5.82 Å². The molecule has 0 saturated carbocycles. The largest absolute Gasteiger partial charge is 0.480 e. The van der Waals surface area contributed by atoms with Gasteiger partial charge in [-0.25, -0.2) is 4.79 Å². The number of aromatic nitrogens is 3. The molecule has 1 aliphatic rings. The van der Waals surface area contributed by atoms with Crippen LogP contribution in [-0.4, -0.2) is 25.8 Å². The molecule has 3 heterocycles. The van der Waals surface area contributed by atoms with Gasteiger partial charge < -0.3 is 5.11 Å². The Morgan fingerprint density at radius 3 is 3.00 bits per heavy atom. The second-order valence-corrected chi connectivity index (χ2v) is 5.75. The summed E-state index contributed by atoms with van der Waals surface area (Å²) in [7, 11) is 0. The molecule has 5 nitrogen and oxygen atoms in total. The zero-order chi connectivity index (χ0) is 12.7. The van der Waals surface area contributed by atoms with E-state index in [1.165, 1.54) is 4.88 Å². The lowest BCUT2D eigenvalue weighted by Gasteiger charge is -2.22. The van der Waals surface area contributed by atoms with Crippen molar-refractivity contribution >= 4 is 17.3 Å². The minimum Gasteiger partial charge on any atom is -0.480 e. The minimum absolute atomic E-state index is 0.527. The number of carboxylic acids is 1. The van der Waals surface area contributed by atoms with Gasteiger partial charge in [-0.3, -0.25) is 4.57 Å². The summed E-state index contributed by atoms with van der Waals surface area (Å²) in [5, 5.41) is 17.6. The maximum absolute atomic E-state index is 11.3. The zero-order valence-electron chi connectivity index (χ0n) is 9.96. The van der Waals surface area contributed by atoms with Crippen LogP contribution in [0.2, 0.25) is 0 Å². The number of carboxylic acid groups (broad SMARTS) is 1. The van der Waals surface area contributed by atoms with Gasteiger partial charge in [0.25, 0.3) is 0 Å². The molecule has 3 rings (SSSR count). The number of carbonyl (C=O) groups is 1. The summed E-state index contributed by atoms with van der Waals surface area (Å²) in [4.78, 5) is 13.5. The number of aryl methyl sites for hydroxylation is 2. The number of hydrogen-bond donors (Lipinski definition) is 1. The van der Waals surface area contributed by atoms with Gasteiger partial charge in [0.05, 0.1) is 4.88 Å². The fourth-order valence-electron chi connectivity index (χ4n) is 2.36. The van der Waals surface area contributed by atoms with Gasteiger partial charge in [0.1, 0.15) is 11.9 Å². The molecule has 0 amide bonds. The predicted octanol–water partition coefficient (Wildman–Crippen LogP) is 2.28. The lowest BCUT2D eigenvalue weighted by atomic mass is 10.0. The van der Waals surface area contributed by atoms with Gasteiger partial charge in [-0.1, -0.05) is 0 Å². The van der Waals surface area contributed by atoms with E-state index in [0.717, 1.165) is 23.5 Å². The van der Waals surface area contributed by atoms with Crippen molar-refractivity contribution < 1.29 is 9.90 Å². The summed E-state index contributed by atoms with van der Waals surface area (Å²) >= 11 is 1.62. The van der Waals surface area contributed by atoms with Crippen LogP contribution in [0.3, 0.4) is 0 Å². The Balaban J connectivity index is 2.12. The minimum atomic E-state index is -0.801. The van der Waals surface area contributed by atoms with Crippen molar-refractivity contribution in [1.29, 1.82) is 0 Å². The van der Waals surface area contributed by atoms with E-state index in [1.54, 1.807) is 15.9 Å². The van der Waals surface area contributed by atoms with Gasteiger partial charge >= 0.3 is 5.97 Å². The topological polar surface area (TPSA) is 68.0 Å². The van der Waals surface area contributed by atoms with Crippen LogP contribution in [0.15, 0.2) is 12.1 Å². The second-order valence-electron chi connectivity index (χ2n) is 4.47. The number of nitrogens with zero attached hydrogens (tertiary/aromatic N) is 3. The summed E-state index contributed by atoms with van der Waals surface area (Å²) in [5.74, 6) is 0.676. The third-order valence-corrected chi connectivity index (χ3v) is 4.20. The molecule has 1 N–H and O–H groups in total. The van der Waals surface area contributed by atoms with Crippen LogP contribution in [-0.2, 0) is 11.2 Å². The van der Waals surface area contributed by atoms with E-state index in [-0.39, 0.29) is 0 Å². The van der Waals surface area contributed by atoms with Crippen molar-refractivity contribution in [3.05, 3.63) is 22.8 Å². The quantitative estimate of drug-likeness (QED) is 0.902. The van der Waals surface area contributed by atoms with Crippen molar-refractivity contribution in [2.45, 2.75) is 32.2 Å². The van der Waals surface area contributed by atoms with Crippen molar-refractivity contribution in [3.8, 4) is 10.7 Å². The Kier molecular flexibility index (Phi) is 2.66. The molecule has 2 aromatic rings. The van der Waals surface area contributed by atoms with Crippen molar-refractivity contribution in [2.75, 3.05) is 0 Å². The Morgan fingerprint density at radius 2 is 2.33 bits per heavy atom. The van der Waals surface area contributed by atoms with Crippen LogP contribution in [0.5, 0.6) is 0 Å². The molecular formula is C12H13N3O2S. The fraction of sp³-hybridized carbons (Fsp3) is 0.417. The molecule has 0 bridgehead atoms. The molecule has 0 aromatic carbocycles. The number of hydrogen-bond acceptors (Lipinski definition) is 4. The van der Waals surface area contributed by atoms with E-state index in [4.69, 9.17) is 0 Å². The molecular weight excluding hydrogens is 250 g/mol. The molecule has 0 saturated heterocycles. The van der Waals surface area contributed by atoms with Gasteiger partial charge in [-0.15, -0.1) is 21.5 Å². The van der Waals surface area contributed by atoms with Crippen molar-refractivity contribution in [3.63, 3.8) is 0 Å². The van der Waals surface area contributed by atoms with Gasteiger partial charge in [-0.05, 0) is 31.9 Å². The normalized spacial score (nSPS) is 18.6. The highest BCUT2D eigenvalue weighted by atomic mass is 32.1. The van der Waals surface area contributed by atoms with E-state index in [2.05, 4.69) is 10.2 Å². The SMILES string of the molecule is Cc1ccc(-c2nnc3n2C(C(=O)O)CCC3)s1. The van der Waals surface area contributed by atoms with Gasteiger partial charge in [0, 0.05) is 11.3 Å². The molecule has 2 aromatic heterocycles. The maximum Gasteiger partial charge on any atom is 0.326 e. The fourth-order valence-corrected chi connectivity index (χ4v) is 3.21. The van der Waals surface area contributed by atoms with E-state index in [0.29, 0.717) is 12.2 Å². The summed E-state index contributed by atoms with van der Waals surface area (Å²) in [6.07, 6.45) is 2.32. The first-order valence-corrected chi connectivity index (χ1v) is 6.72.